The van der Waals surface area contributed by atoms with Crippen molar-refractivity contribution in [3.8, 4) is 0 Å². The molecule has 5 unspecified atom stereocenters. The summed E-state index contributed by atoms with van der Waals surface area (Å²) >= 11 is 0. The van der Waals surface area contributed by atoms with Crippen LogP contribution in [0.3, 0.4) is 0 Å². The fraction of sp³-hybridized carbons (Fsp3) is 0.750. The Morgan fingerprint density at radius 1 is 0.417 bits per heavy atom. The van der Waals surface area contributed by atoms with Gasteiger partial charge in [0.2, 0.25) is 28.4 Å². The fourth-order valence-electron chi connectivity index (χ4n) is 3.55. The molecule has 0 heterocycles. The Hall–Kier alpha value is -0.869. The minimum Gasteiger partial charge on any atom is -0.413 e. The van der Waals surface area contributed by atoms with Gasteiger partial charge in [-0.05, 0) is 40.8 Å². The van der Waals surface area contributed by atoms with Gasteiger partial charge in [0.15, 0.2) is 27.8 Å². The molecule has 49 nitrogen and oxygen atoms in total. The van der Waals surface area contributed by atoms with Gasteiger partial charge in [-0.2, -0.15) is 112 Å². The lowest BCUT2D eigenvalue weighted by Gasteiger charge is -2.24. The van der Waals surface area contributed by atoms with Crippen LogP contribution in [-0.2, 0) is 168 Å². The van der Waals surface area contributed by atoms with E-state index in [4.69, 9.17) is 32.8 Å². The Morgan fingerprint density at radius 3 is 0.795 bits per heavy atom. The molecule has 0 radical (unpaired) electrons. The molecule has 0 amide bonds. The molecule has 0 spiro atoms. The van der Waals surface area contributed by atoms with Gasteiger partial charge < -0.3 is 32.3 Å². The second-order valence-corrected chi connectivity index (χ2v) is 70.1. The molecule has 0 aromatic heterocycles. The minimum atomic E-state index is -6.76. The molecular weight excluding hydrogens is 2330 g/mol. The molecule has 0 aliphatic carbocycles. The first-order valence-electron chi connectivity index (χ1n) is 31.2. The molecule has 0 saturated heterocycles. The lowest BCUT2D eigenvalue weighted by atomic mass is 10.7. The Labute approximate surface area is 752 Å². The van der Waals surface area contributed by atoms with Crippen molar-refractivity contribution >= 4 is 191 Å². The van der Waals surface area contributed by atoms with E-state index in [0.717, 1.165) is 46.9 Å². The van der Waals surface area contributed by atoms with Gasteiger partial charge in [-0.1, -0.05) is 58.8 Å². The number of hydrogen-bond acceptors (Lipinski definition) is 35. The maximum Gasteiger partial charge on any atom is 0.512 e. The van der Waals surface area contributed by atoms with Gasteiger partial charge in [0.05, 0.1) is 54.1 Å². The van der Waals surface area contributed by atoms with Crippen molar-refractivity contribution in [3.05, 3.63) is 61.4 Å². The molecule has 0 fully saturated rings. The number of nitrogens with one attached hydrogen (secondary N) is 9. The van der Waals surface area contributed by atoms with E-state index in [-0.39, 0.29) is 31.3 Å². The van der Waals surface area contributed by atoms with Gasteiger partial charge in [-0.3, -0.25) is 58.7 Å². The van der Waals surface area contributed by atoms with Crippen LogP contribution in [0.15, 0.2) is 61.4 Å². The second-order valence-electron chi connectivity index (χ2n) is 23.8. The molecule has 132 heavy (non-hydrogen) atoms. The zero-order valence-electron chi connectivity index (χ0n) is 71.3. The van der Waals surface area contributed by atoms with Crippen LogP contribution in [0.1, 0.15) is 27.7 Å². The van der Waals surface area contributed by atoms with Crippen LogP contribution in [0.2, 0.25) is 32.7 Å². The molecule has 0 bridgehead atoms. The summed E-state index contributed by atoms with van der Waals surface area (Å²) in [6.07, 6.45) is -9.11. The van der Waals surface area contributed by atoms with E-state index in [1.807, 2.05) is 17.9 Å². The highest BCUT2D eigenvalue weighted by Gasteiger charge is 2.56. The van der Waals surface area contributed by atoms with E-state index in [1.165, 1.54) is 46.0 Å². The standard InChI is InChI=1S/C8H15F6NO6P2.C6H12OSi.C5H9FSi.C5H14NO6PS.C5H12Si.C2H4F3NO4S2.C2H8FNO3P2.C2H7FNO3PS.CHF6NO2P2.2CH5FNO4PS.CH4FO2P.CH5NO5S2/c1-3-18-22(16,19-4-2)15-23(17,20-5-7(9,10)11)21-6-8(12,13)14;1-5-8(4,6-2)7-3;1-4-7(3,6)5-2;1-4-11-13(7,12-5-2)6-14(8,9)10-3;1-5-6(2,3)4;1-11(7,8)6-12(9,10)2(3,4)5;2*1-8(2,5)4-9(3,6)7;2-1(3,4)11(5,9)8-12(6,7)10;1-8(4,5)3-9(2,6)7;1-8(2,4)3-9(5,6)7;1-5(2,3)4;1-8(3,4)2-9(5,6)7/h3-6H2,1-2H3,(H,15,16,17);5-6H,1-2H2,3-4H3;4-5H,1-2H2,3H3;4-5H2,1-3H3,(H,6,7);5H,1H2,2-4H3;6H,1H3;1-2H3,(H2,4,5,6,7);1-2H3,(H,4,5);(H,8,9,10);1H3,(H2,3,4,5);1H3,(H,3,4)(H,5,6,7);1H3,(H,3,4);2H,1H3,(H,5,6,7). The van der Waals surface area contributed by atoms with Gasteiger partial charge >= 0.3 is 147 Å². The topological polar surface area (TPSA) is 744 Å². The van der Waals surface area contributed by atoms with E-state index in [2.05, 4.69) is 89.6 Å². The molecule has 0 aromatic carbocycles. The number of sulfonamides is 3. The molecule has 14 N–H and O–H groups in total. The normalized spacial score (nSPS) is 15.2. The lowest BCUT2D eigenvalue weighted by Crippen LogP contribution is -2.39. The van der Waals surface area contributed by atoms with Gasteiger partial charge in [0.25, 0.3) is 15.9 Å². The van der Waals surface area contributed by atoms with Gasteiger partial charge in [0, 0.05) is 53.8 Å². The van der Waals surface area contributed by atoms with Crippen molar-refractivity contribution in [2.24, 2.45) is 0 Å². The highest BCUT2D eigenvalue weighted by molar-refractivity contribution is 8.05. The van der Waals surface area contributed by atoms with Gasteiger partial charge in [0.1, 0.15) is 0 Å². The van der Waals surface area contributed by atoms with Crippen LogP contribution in [0.4, 0.5) is 89.7 Å². The first kappa shape index (κ1) is 159. The van der Waals surface area contributed by atoms with Crippen LogP contribution < -0.4 is 40.8 Å². The zero-order chi connectivity index (χ0) is 111. The average molecular weight is 2430 g/mol. The Morgan fingerprint density at radius 2 is 0.705 bits per heavy atom. The molecule has 0 rings (SSSR count). The summed E-state index contributed by atoms with van der Waals surface area (Å²) in [5, 5.41) is 0. The number of halogens is 21. The molecule has 92 heteroatoms. The Balaban J connectivity index is -0.000000108. The van der Waals surface area contributed by atoms with Crippen molar-refractivity contribution < 1.29 is 267 Å². The number of hydrogen-bond donors (Lipinski definition) is 14. The van der Waals surface area contributed by atoms with Crippen LogP contribution >= 0.6 is 84.0 Å². The molecule has 808 valence electrons. The smallest absolute Gasteiger partial charge is 0.413 e. The van der Waals surface area contributed by atoms with Crippen LogP contribution in [0, 0.1) is 0 Å². The summed E-state index contributed by atoms with van der Waals surface area (Å²) in [7, 11) is -89.9. The Kier molecular flexibility index (Phi) is 78.0. The third-order valence-corrected chi connectivity index (χ3v) is 38.2. The van der Waals surface area contributed by atoms with Crippen molar-refractivity contribution in [3.63, 3.8) is 0 Å². The van der Waals surface area contributed by atoms with Crippen molar-refractivity contribution in [2.75, 3.05) is 113 Å². The quantitative estimate of drug-likeness (QED) is 0.00686. The average Bonchev–Trinajstić information content (AvgIpc) is 0.821. The summed E-state index contributed by atoms with van der Waals surface area (Å²) < 4.78 is 576. The number of rotatable bonds is 37. The van der Waals surface area contributed by atoms with E-state index in [1.54, 1.807) is 25.4 Å². The largest absolute Gasteiger partial charge is 0.512 e. The highest BCUT2D eigenvalue weighted by Crippen LogP contribution is 2.67. The maximum atomic E-state index is 12.5. The van der Waals surface area contributed by atoms with Crippen LogP contribution in [-0.4, -0.2) is 253 Å². The fourth-order valence-corrected chi connectivity index (χ4v) is 23.3. The molecular formula is C40H101F21N9O40P11S8Si3. The minimum absolute atomic E-state index is 0.0590. The summed E-state index contributed by atoms with van der Waals surface area (Å²) in [6.45, 7) is 35.2. The van der Waals surface area contributed by atoms with E-state index in [9.17, 15) is 203 Å². The van der Waals surface area contributed by atoms with E-state index in [0.29, 0.717) is 36.6 Å². The monoisotopic (exact) mass is 2430 g/mol. The molecule has 5 atom stereocenters. The first-order chi connectivity index (χ1) is 56.4. The van der Waals surface area contributed by atoms with E-state index >= 15 is 0 Å². The predicted octanol–water partition coefficient (Wildman–Crippen LogP) is 13.4. The highest BCUT2D eigenvalue weighted by atomic mass is 32.3. The second kappa shape index (κ2) is 64.7. The lowest BCUT2D eigenvalue weighted by molar-refractivity contribution is -0.165. The molecule has 0 aliphatic rings. The molecule has 0 aliphatic heterocycles. The Bertz CT molecular complexity index is 4830. The van der Waals surface area contributed by atoms with Crippen LogP contribution in [0.5, 0.6) is 0 Å². The van der Waals surface area contributed by atoms with Crippen molar-refractivity contribution in [1.29, 1.82) is 0 Å². The van der Waals surface area contributed by atoms with Crippen molar-refractivity contribution in [1.82, 2.24) is 40.8 Å². The van der Waals surface area contributed by atoms with E-state index < -0.39 is 228 Å². The van der Waals surface area contributed by atoms with Gasteiger partial charge in [-0.15, -0.1) is 78.5 Å². The predicted molar refractivity (Wildman–Crippen MR) is 453 cm³/mol. The molecule has 0 aromatic rings. The summed E-state index contributed by atoms with van der Waals surface area (Å²) in [6, 6.07) is 0. The number of alkyl halides is 12. The maximum absolute atomic E-state index is 12.5. The SMILES string of the molecule is C=C[Si](C)(C)C.C=C[Si](C)(C=C)OC.C=C[Si](C)(F)C=C.CCOP(=O)(NP(=O)(OCC(F)(F)F)OCC(F)(F)F)OCC.CCOP(=O)(NS(=O)(=O)OC)OCC.CP(=O)(F)NS(=O)(=O)O.CP(=O)(O)F.CP(=O)(O)NS(=O)(=O)F.CP(C)(=O)NP(=O)(O)F.CP(C)(=O)NS(=O)(=O)F.CS(=O)(=O)NS(=O)(=O)C(F)(F)F.CS(=O)(=O)NS(=O)(=O)O.O=P(F)(F)NP(=O)(F)C(F)(F)F. The summed E-state index contributed by atoms with van der Waals surface area (Å²) in [5.41, 5.74) is 2.85. The van der Waals surface area contributed by atoms with Crippen LogP contribution in [0.25, 0.3) is 0 Å². The van der Waals surface area contributed by atoms with Crippen molar-refractivity contribution in [2.45, 2.75) is 84.2 Å². The first-order valence-corrected chi connectivity index (χ1v) is 72.8. The zero-order valence-corrected chi connectivity index (χ0v) is 90.7. The summed E-state index contributed by atoms with van der Waals surface area (Å²) in [4.78, 5) is 26.0. The molecule has 0 saturated carbocycles. The third kappa shape index (κ3) is 142. The third-order valence-electron chi connectivity index (χ3n) is 7.99. The van der Waals surface area contributed by atoms with Gasteiger partial charge in [-0.25, -0.2) is 48.1 Å². The summed E-state index contributed by atoms with van der Waals surface area (Å²) in [5.74, 6) is -5.97.